The standard InChI is InChI=1S/C20H35P/c1-6-7-8-9-20(21)18(5)12-15(2)10-11-19-14-16(3)13-17(19)4/h10-11,13,17-20H,2,6-9,12,14,21H2,1,3-5H3/b11-10-/t17?,18?,19?,20-/m0/s1. The molecule has 0 nitrogen and oxygen atoms in total. The second-order valence-electron chi connectivity index (χ2n) is 7.10. The largest absolute Gasteiger partial charge is 0.134 e. The first kappa shape index (κ1) is 18.7. The van der Waals surface area contributed by atoms with Crippen LogP contribution in [0.25, 0.3) is 0 Å². The number of allylic oxidation sites excluding steroid dienone is 5. The molecule has 21 heavy (non-hydrogen) atoms. The van der Waals surface area contributed by atoms with Crippen LogP contribution >= 0.6 is 9.24 Å². The van der Waals surface area contributed by atoms with Gasteiger partial charge in [0.25, 0.3) is 0 Å². The van der Waals surface area contributed by atoms with Crippen LogP contribution in [-0.2, 0) is 0 Å². The number of hydrogen-bond donors (Lipinski definition) is 0. The molecule has 120 valence electrons. The van der Waals surface area contributed by atoms with Crippen LogP contribution in [0.3, 0.4) is 0 Å². The molecular formula is C20H35P. The van der Waals surface area contributed by atoms with E-state index in [-0.39, 0.29) is 0 Å². The Bertz CT molecular complexity index is 377. The van der Waals surface area contributed by atoms with E-state index < -0.39 is 0 Å². The van der Waals surface area contributed by atoms with Crippen LogP contribution in [-0.4, -0.2) is 5.66 Å². The Morgan fingerprint density at radius 3 is 2.76 bits per heavy atom. The highest BCUT2D eigenvalue weighted by molar-refractivity contribution is 7.17. The molecule has 1 aliphatic rings. The Kier molecular flexibility index (Phi) is 8.57. The minimum Gasteiger partial charge on any atom is -0.134 e. The lowest BCUT2D eigenvalue weighted by molar-refractivity contribution is 0.502. The molecule has 0 spiro atoms. The first-order valence-electron chi connectivity index (χ1n) is 8.72. The van der Waals surface area contributed by atoms with Gasteiger partial charge in [-0.2, -0.15) is 0 Å². The van der Waals surface area contributed by atoms with Crippen molar-refractivity contribution in [1.82, 2.24) is 0 Å². The third-order valence-corrected chi connectivity index (χ3v) is 5.81. The summed E-state index contributed by atoms with van der Waals surface area (Å²) in [5, 5.41) is 0. The first-order valence-corrected chi connectivity index (χ1v) is 9.39. The molecule has 0 N–H and O–H groups in total. The van der Waals surface area contributed by atoms with E-state index in [0.29, 0.717) is 17.8 Å². The van der Waals surface area contributed by atoms with Gasteiger partial charge in [-0.25, -0.2) is 0 Å². The topological polar surface area (TPSA) is 0 Å². The van der Waals surface area contributed by atoms with Gasteiger partial charge in [0.2, 0.25) is 0 Å². The third kappa shape index (κ3) is 6.96. The molecule has 0 aromatic carbocycles. The Morgan fingerprint density at radius 1 is 1.48 bits per heavy atom. The number of rotatable bonds is 9. The van der Waals surface area contributed by atoms with Crippen molar-refractivity contribution in [3.63, 3.8) is 0 Å². The van der Waals surface area contributed by atoms with Gasteiger partial charge in [-0.15, -0.1) is 9.24 Å². The summed E-state index contributed by atoms with van der Waals surface area (Å²) in [4.78, 5) is 0. The summed E-state index contributed by atoms with van der Waals surface area (Å²) in [6.07, 6.45) is 14.8. The van der Waals surface area contributed by atoms with E-state index in [4.69, 9.17) is 0 Å². The van der Waals surface area contributed by atoms with Crippen molar-refractivity contribution in [2.24, 2.45) is 17.8 Å². The normalized spacial score (nSPS) is 25.1. The first-order chi connectivity index (χ1) is 9.93. The molecule has 0 aromatic rings. The lowest BCUT2D eigenvalue weighted by Crippen LogP contribution is -2.11. The maximum absolute atomic E-state index is 4.27. The van der Waals surface area contributed by atoms with Crippen LogP contribution in [0.1, 0.15) is 66.2 Å². The SMILES string of the molecule is C=C(/C=C\C1CC(C)=CC1C)CC(C)[C@@H](P)CCCCC. The molecule has 0 heterocycles. The van der Waals surface area contributed by atoms with E-state index >= 15 is 0 Å². The van der Waals surface area contributed by atoms with E-state index in [0.717, 1.165) is 12.1 Å². The van der Waals surface area contributed by atoms with Gasteiger partial charge < -0.3 is 0 Å². The maximum atomic E-state index is 4.27. The van der Waals surface area contributed by atoms with Crippen LogP contribution in [0, 0.1) is 17.8 Å². The summed E-state index contributed by atoms with van der Waals surface area (Å²) in [5.41, 5.74) is 3.57. The molecule has 0 saturated carbocycles. The smallest absolute Gasteiger partial charge is 0.0133 e. The Morgan fingerprint density at radius 2 is 2.19 bits per heavy atom. The van der Waals surface area contributed by atoms with Gasteiger partial charge in [-0.3, -0.25) is 0 Å². The fourth-order valence-electron chi connectivity index (χ4n) is 3.25. The minimum atomic E-state index is 0.688. The molecule has 0 aromatic heterocycles. The maximum Gasteiger partial charge on any atom is -0.0133 e. The Labute approximate surface area is 135 Å². The van der Waals surface area contributed by atoms with Gasteiger partial charge >= 0.3 is 0 Å². The molecule has 1 aliphatic carbocycles. The number of unbranched alkanes of at least 4 members (excludes halogenated alkanes) is 2. The molecule has 0 saturated heterocycles. The summed E-state index contributed by atoms with van der Waals surface area (Å²) in [7, 11) is 3.05. The Balaban J connectivity index is 2.32. The van der Waals surface area contributed by atoms with E-state index in [1.807, 2.05) is 0 Å². The molecule has 0 bridgehead atoms. The molecule has 1 rings (SSSR count). The van der Waals surface area contributed by atoms with E-state index in [9.17, 15) is 0 Å². The van der Waals surface area contributed by atoms with Crippen molar-refractivity contribution in [2.45, 2.75) is 71.9 Å². The third-order valence-electron chi connectivity index (χ3n) is 4.82. The molecule has 0 amide bonds. The van der Waals surface area contributed by atoms with Gasteiger partial charge in [0.15, 0.2) is 0 Å². The highest BCUT2D eigenvalue weighted by Crippen LogP contribution is 2.32. The van der Waals surface area contributed by atoms with E-state index in [1.165, 1.54) is 43.3 Å². The van der Waals surface area contributed by atoms with Crippen LogP contribution in [0.4, 0.5) is 0 Å². The van der Waals surface area contributed by atoms with Crippen molar-refractivity contribution in [1.29, 1.82) is 0 Å². The average Bonchev–Trinajstić information content (AvgIpc) is 2.74. The van der Waals surface area contributed by atoms with Crippen molar-refractivity contribution in [3.8, 4) is 0 Å². The Hall–Kier alpha value is -0.350. The minimum absolute atomic E-state index is 0.688. The summed E-state index contributed by atoms with van der Waals surface area (Å²) in [6.45, 7) is 13.5. The summed E-state index contributed by atoms with van der Waals surface area (Å²) < 4.78 is 0. The summed E-state index contributed by atoms with van der Waals surface area (Å²) in [6, 6.07) is 0. The fraction of sp³-hybridized carbons (Fsp3) is 0.700. The second kappa shape index (κ2) is 9.62. The molecule has 0 fully saturated rings. The van der Waals surface area contributed by atoms with Crippen molar-refractivity contribution >= 4 is 9.24 Å². The zero-order valence-corrected chi connectivity index (χ0v) is 15.7. The van der Waals surface area contributed by atoms with Crippen molar-refractivity contribution in [3.05, 3.63) is 36.0 Å². The zero-order chi connectivity index (χ0) is 15.8. The highest BCUT2D eigenvalue weighted by atomic mass is 31.0. The predicted octanol–water partition coefficient (Wildman–Crippen LogP) is 6.55. The molecule has 5 atom stereocenters. The lowest BCUT2D eigenvalue weighted by atomic mass is 9.92. The fourth-order valence-corrected chi connectivity index (χ4v) is 3.62. The quantitative estimate of drug-likeness (QED) is 0.196. The van der Waals surface area contributed by atoms with Crippen LogP contribution in [0.5, 0.6) is 0 Å². The van der Waals surface area contributed by atoms with Crippen LogP contribution in [0.15, 0.2) is 36.0 Å². The highest BCUT2D eigenvalue weighted by Gasteiger charge is 2.19. The second-order valence-corrected chi connectivity index (χ2v) is 7.95. The van der Waals surface area contributed by atoms with Crippen LogP contribution < -0.4 is 0 Å². The van der Waals surface area contributed by atoms with Crippen molar-refractivity contribution < 1.29 is 0 Å². The van der Waals surface area contributed by atoms with Crippen molar-refractivity contribution in [2.75, 3.05) is 0 Å². The molecule has 4 unspecified atom stereocenters. The van der Waals surface area contributed by atoms with Gasteiger partial charge in [0, 0.05) is 0 Å². The average molecular weight is 306 g/mol. The molecule has 0 aliphatic heterocycles. The summed E-state index contributed by atoms with van der Waals surface area (Å²) in [5.74, 6) is 2.09. The van der Waals surface area contributed by atoms with E-state index in [1.54, 1.807) is 0 Å². The van der Waals surface area contributed by atoms with Gasteiger partial charge in [-0.1, -0.05) is 76.0 Å². The molecular weight excluding hydrogens is 271 g/mol. The molecule has 0 radical (unpaired) electrons. The van der Waals surface area contributed by atoms with E-state index in [2.05, 4.69) is 61.7 Å². The van der Waals surface area contributed by atoms with Gasteiger partial charge in [0.05, 0.1) is 0 Å². The van der Waals surface area contributed by atoms with Gasteiger partial charge in [0.1, 0.15) is 0 Å². The number of hydrogen-bond acceptors (Lipinski definition) is 0. The monoisotopic (exact) mass is 306 g/mol. The zero-order valence-electron chi connectivity index (χ0n) is 14.6. The summed E-state index contributed by atoms with van der Waals surface area (Å²) >= 11 is 0. The van der Waals surface area contributed by atoms with Crippen LogP contribution in [0.2, 0.25) is 0 Å². The molecule has 1 heteroatoms. The lowest BCUT2D eigenvalue weighted by Gasteiger charge is -2.20. The predicted molar refractivity (Wildman–Crippen MR) is 101 cm³/mol. The van der Waals surface area contributed by atoms with Gasteiger partial charge in [-0.05, 0) is 49.6 Å².